The lowest BCUT2D eigenvalue weighted by atomic mass is 10.1. The second kappa shape index (κ2) is 8.16. The van der Waals surface area contributed by atoms with Crippen LogP contribution in [-0.4, -0.2) is 43.4 Å². The van der Waals surface area contributed by atoms with Crippen molar-refractivity contribution in [2.75, 3.05) is 33.4 Å². The highest BCUT2D eigenvalue weighted by molar-refractivity contribution is 5.24. The summed E-state index contributed by atoms with van der Waals surface area (Å²) in [7, 11) is 1.94. The third-order valence-electron chi connectivity index (χ3n) is 2.56. The van der Waals surface area contributed by atoms with Crippen LogP contribution < -0.4 is 5.73 Å². The molecule has 1 aromatic carbocycles. The number of nitrogens with zero attached hydrogens (tertiary/aromatic N) is 1. The van der Waals surface area contributed by atoms with Crippen molar-refractivity contribution in [3.63, 3.8) is 0 Å². The Morgan fingerprint density at radius 2 is 2.00 bits per heavy atom. The lowest BCUT2D eigenvalue weighted by molar-refractivity contribution is 0.0773. The quantitative estimate of drug-likeness (QED) is 0.673. The second-order valence-electron chi connectivity index (χ2n) is 4.25. The van der Waals surface area contributed by atoms with Crippen LogP contribution in [-0.2, 0) is 17.8 Å². The van der Waals surface area contributed by atoms with Gasteiger partial charge in [-0.1, -0.05) is 6.07 Å². The first-order chi connectivity index (χ1) is 8.65. The molecular formula is C13H21FN2O2. The molecule has 0 aliphatic heterocycles. The SMILES string of the molecule is CN(CCOCCO)Cc1cc(F)cc(CN)c1. The molecule has 0 fully saturated rings. The van der Waals surface area contributed by atoms with Crippen LogP contribution in [0.25, 0.3) is 0 Å². The molecule has 3 N–H and O–H groups in total. The fourth-order valence-corrected chi connectivity index (χ4v) is 1.70. The molecule has 0 saturated heterocycles. The maximum atomic E-state index is 13.3. The van der Waals surface area contributed by atoms with Crippen LogP contribution in [0.5, 0.6) is 0 Å². The topological polar surface area (TPSA) is 58.7 Å². The molecule has 0 radical (unpaired) electrons. The zero-order valence-electron chi connectivity index (χ0n) is 10.7. The molecule has 0 spiro atoms. The predicted octanol–water partition coefficient (Wildman–Crippen LogP) is 0.725. The van der Waals surface area contributed by atoms with Gasteiger partial charge >= 0.3 is 0 Å². The minimum absolute atomic E-state index is 0.0352. The van der Waals surface area contributed by atoms with Gasteiger partial charge in [0, 0.05) is 19.6 Å². The summed E-state index contributed by atoms with van der Waals surface area (Å²) in [6, 6.07) is 4.88. The average Bonchev–Trinajstić information content (AvgIpc) is 2.34. The second-order valence-corrected chi connectivity index (χ2v) is 4.25. The minimum atomic E-state index is -0.252. The summed E-state index contributed by atoms with van der Waals surface area (Å²) >= 11 is 0. The van der Waals surface area contributed by atoms with Gasteiger partial charge in [-0.3, -0.25) is 4.90 Å². The third kappa shape index (κ3) is 5.55. The van der Waals surface area contributed by atoms with Crippen LogP contribution in [0.3, 0.4) is 0 Å². The van der Waals surface area contributed by atoms with Crippen molar-refractivity contribution >= 4 is 0 Å². The standard InChI is InChI=1S/C13H21FN2O2/c1-16(2-4-18-5-3-17)10-12-6-11(9-15)7-13(14)8-12/h6-8,17H,2-5,9-10,15H2,1H3. The summed E-state index contributed by atoms with van der Waals surface area (Å²) in [5.41, 5.74) is 7.21. The van der Waals surface area contributed by atoms with Crippen molar-refractivity contribution in [3.05, 3.63) is 35.1 Å². The van der Waals surface area contributed by atoms with Gasteiger partial charge in [0.1, 0.15) is 5.82 Å². The summed E-state index contributed by atoms with van der Waals surface area (Å²) in [4.78, 5) is 2.03. The molecule has 4 nitrogen and oxygen atoms in total. The fraction of sp³-hybridized carbons (Fsp3) is 0.538. The van der Waals surface area contributed by atoms with Crippen LogP contribution in [0.15, 0.2) is 18.2 Å². The largest absolute Gasteiger partial charge is 0.394 e. The highest BCUT2D eigenvalue weighted by Gasteiger charge is 2.04. The maximum absolute atomic E-state index is 13.3. The molecule has 0 bridgehead atoms. The van der Waals surface area contributed by atoms with E-state index in [1.165, 1.54) is 12.1 Å². The van der Waals surface area contributed by atoms with Crippen molar-refractivity contribution in [1.82, 2.24) is 4.90 Å². The van der Waals surface area contributed by atoms with E-state index in [2.05, 4.69) is 0 Å². The molecule has 0 heterocycles. The number of halogens is 1. The van der Waals surface area contributed by atoms with Crippen molar-refractivity contribution in [1.29, 1.82) is 0 Å². The lowest BCUT2D eigenvalue weighted by Gasteiger charge is -2.17. The molecular weight excluding hydrogens is 235 g/mol. The monoisotopic (exact) mass is 256 g/mol. The number of hydrogen-bond acceptors (Lipinski definition) is 4. The molecule has 5 heteroatoms. The molecule has 0 unspecified atom stereocenters. The molecule has 0 amide bonds. The van der Waals surface area contributed by atoms with Crippen LogP contribution in [0.4, 0.5) is 4.39 Å². The van der Waals surface area contributed by atoms with Gasteiger partial charge in [-0.15, -0.1) is 0 Å². The Balaban J connectivity index is 2.43. The average molecular weight is 256 g/mol. The van der Waals surface area contributed by atoms with E-state index in [-0.39, 0.29) is 12.4 Å². The zero-order valence-corrected chi connectivity index (χ0v) is 10.7. The van der Waals surface area contributed by atoms with E-state index in [1.54, 1.807) is 0 Å². The van der Waals surface area contributed by atoms with Gasteiger partial charge in [-0.25, -0.2) is 4.39 Å². The Labute approximate surface area is 107 Å². The Kier molecular flexibility index (Phi) is 6.82. The summed E-state index contributed by atoms with van der Waals surface area (Å²) in [5, 5.41) is 8.56. The normalized spacial score (nSPS) is 11.2. The highest BCUT2D eigenvalue weighted by Crippen LogP contribution is 2.10. The highest BCUT2D eigenvalue weighted by atomic mass is 19.1. The van der Waals surface area contributed by atoms with E-state index >= 15 is 0 Å². The smallest absolute Gasteiger partial charge is 0.123 e. The Hall–Kier alpha value is -1.01. The number of benzene rings is 1. The minimum Gasteiger partial charge on any atom is -0.394 e. The van der Waals surface area contributed by atoms with Gasteiger partial charge in [-0.2, -0.15) is 0 Å². The van der Waals surface area contributed by atoms with E-state index in [4.69, 9.17) is 15.6 Å². The number of rotatable bonds is 8. The van der Waals surface area contributed by atoms with Crippen LogP contribution >= 0.6 is 0 Å². The molecule has 102 valence electrons. The first kappa shape index (κ1) is 15.0. The summed E-state index contributed by atoms with van der Waals surface area (Å²) in [6.07, 6.45) is 0. The number of hydrogen-bond donors (Lipinski definition) is 2. The lowest BCUT2D eigenvalue weighted by Crippen LogP contribution is -2.23. The van der Waals surface area contributed by atoms with E-state index in [9.17, 15) is 4.39 Å². The van der Waals surface area contributed by atoms with Gasteiger partial charge in [0.05, 0.1) is 19.8 Å². The first-order valence-electron chi connectivity index (χ1n) is 6.01. The van der Waals surface area contributed by atoms with E-state index in [0.29, 0.717) is 26.3 Å². The van der Waals surface area contributed by atoms with Crippen molar-refractivity contribution in [2.24, 2.45) is 5.73 Å². The molecule has 0 saturated carbocycles. The number of aliphatic hydroxyl groups excluding tert-OH is 1. The predicted molar refractivity (Wildman–Crippen MR) is 68.5 cm³/mol. The molecule has 18 heavy (non-hydrogen) atoms. The van der Waals surface area contributed by atoms with Crippen molar-refractivity contribution in [2.45, 2.75) is 13.1 Å². The number of ether oxygens (including phenoxy) is 1. The van der Waals surface area contributed by atoms with Crippen LogP contribution in [0, 0.1) is 5.82 Å². The van der Waals surface area contributed by atoms with Crippen molar-refractivity contribution in [3.8, 4) is 0 Å². The number of aliphatic hydroxyl groups is 1. The number of nitrogens with two attached hydrogens (primary N) is 1. The Bertz CT molecular complexity index is 361. The Morgan fingerprint density at radius 1 is 1.28 bits per heavy atom. The van der Waals surface area contributed by atoms with Crippen LogP contribution in [0.1, 0.15) is 11.1 Å². The summed E-state index contributed by atoms with van der Waals surface area (Å²) < 4.78 is 18.5. The van der Waals surface area contributed by atoms with Gasteiger partial charge < -0.3 is 15.6 Å². The van der Waals surface area contributed by atoms with Gasteiger partial charge in [0.15, 0.2) is 0 Å². The summed E-state index contributed by atoms with van der Waals surface area (Å²) in [5.74, 6) is -0.252. The van der Waals surface area contributed by atoms with E-state index in [0.717, 1.165) is 17.7 Å². The van der Waals surface area contributed by atoms with Gasteiger partial charge in [0.2, 0.25) is 0 Å². The molecule has 0 atom stereocenters. The van der Waals surface area contributed by atoms with Gasteiger partial charge in [0.25, 0.3) is 0 Å². The third-order valence-corrected chi connectivity index (χ3v) is 2.56. The molecule has 0 aromatic heterocycles. The zero-order chi connectivity index (χ0) is 13.4. The molecule has 1 rings (SSSR count). The van der Waals surface area contributed by atoms with Crippen molar-refractivity contribution < 1.29 is 14.2 Å². The molecule has 1 aromatic rings. The Morgan fingerprint density at radius 3 is 2.67 bits per heavy atom. The van der Waals surface area contributed by atoms with Crippen LogP contribution in [0.2, 0.25) is 0 Å². The number of likely N-dealkylation sites (N-methyl/N-ethyl adjacent to an activating group) is 1. The fourth-order valence-electron chi connectivity index (χ4n) is 1.70. The first-order valence-corrected chi connectivity index (χ1v) is 6.01. The maximum Gasteiger partial charge on any atom is 0.123 e. The van der Waals surface area contributed by atoms with Gasteiger partial charge in [-0.05, 0) is 30.3 Å². The summed E-state index contributed by atoms with van der Waals surface area (Å²) in [6.45, 7) is 2.66. The van der Waals surface area contributed by atoms with E-state index < -0.39 is 0 Å². The molecule has 0 aliphatic carbocycles. The van der Waals surface area contributed by atoms with E-state index in [1.807, 2.05) is 18.0 Å². The molecule has 0 aliphatic rings.